The number of Topliss-reactive ketones (excluding diaryl/α,β-unsaturated/α-hetero) is 1. The molecule has 1 aromatic rings. The van der Waals surface area contributed by atoms with Crippen LogP contribution in [0.3, 0.4) is 0 Å². The number of alkyl halides is 1. The van der Waals surface area contributed by atoms with Gasteiger partial charge in [-0.05, 0) is 6.07 Å². The van der Waals surface area contributed by atoms with Crippen LogP contribution in [0, 0.1) is 11.6 Å². The average molecular weight is 248 g/mol. The number of ketones is 1. The van der Waals surface area contributed by atoms with E-state index in [1.165, 1.54) is 7.05 Å². The quantitative estimate of drug-likeness (QED) is 0.464. The molecule has 86 valence electrons. The first-order valence-electron chi connectivity index (χ1n) is 4.27. The first kappa shape index (κ1) is 12.6. The second-order valence-electron chi connectivity index (χ2n) is 3.06. The summed E-state index contributed by atoms with van der Waals surface area (Å²) in [5.74, 6) is -3.24. The lowest BCUT2D eigenvalue weighted by Gasteiger charge is -2.15. The minimum Gasteiger partial charge on any atom is -0.317 e. The predicted octanol–water partition coefficient (Wildman–Crippen LogP) is 1.98. The van der Waals surface area contributed by atoms with Crippen molar-refractivity contribution in [1.82, 2.24) is 0 Å². The van der Waals surface area contributed by atoms with Crippen molar-refractivity contribution in [2.24, 2.45) is 0 Å². The largest absolute Gasteiger partial charge is 0.317 e. The molecule has 16 heavy (non-hydrogen) atoms. The van der Waals surface area contributed by atoms with Crippen molar-refractivity contribution in [2.45, 2.75) is 0 Å². The Bertz CT molecular complexity index is 437. The molecule has 1 amide bonds. The van der Waals surface area contributed by atoms with E-state index in [0.29, 0.717) is 6.41 Å². The van der Waals surface area contributed by atoms with Crippen LogP contribution in [-0.4, -0.2) is 25.1 Å². The van der Waals surface area contributed by atoms with E-state index in [0.717, 1.165) is 17.0 Å². The molecule has 0 aliphatic carbocycles. The van der Waals surface area contributed by atoms with Crippen LogP contribution in [0.1, 0.15) is 10.4 Å². The van der Waals surface area contributed by atoms with E-state index in [-0.39, 0.29) is 17.1 Å². The number of carbonyl (C=O) groups is 2. The van der Waals surface area contributed by atoms with Crippen LogP contribution >= 0.6 is 11.6 Å². The van der Waals surface area contributed by atoms with Gasteiger partial charge in [-0.3, -0.25) is 9.59 Å². The third-order valence-corrected chi connectivity index (χ3v) is 2.24. The highest BCUT2D eigenvalue weighted by atomic mass is 35.5. The molecule has 0 aromatic heterocycles. The van der Waals surface area contributed by atoms with Gasteiger partial charge in [0, 0.05) is 18.7 Å². The van der Waals surface area contributed by atoms with Crippen molar-refractivity contribution in [1.29, 1.82) is 0 Å². The summed E-state index contributed by atoms with van der Waals surface area (Å²) in [6.45, 7) is 0. The first-order valence-corrected chi connectivity index (χ1v) is 4.81. The van der Waals surface area contributed by atoms with Crippen molar-refractivity contribution in [3.05, 3.63) is 29.3 Å². The Morgan fingerprint density at radius 2 is 2.00 bits per heavy atom. The molecule has 0 heterocycles. The molecule has 0 spiro atoms. The number of benzene rings is 1. The lowest BCUT2D eigenvalue weighted by Crippen LogP contribution is -2.18. The van der Waals surface area contributed by atoms with Gasteiger partial charge in [0.25, 0.3) is 0 Å². The summed E-state index contributed by atoms with van der Waals surface area (Å²) in [6.07, 6.45) is 0.387. The molecule has 0 saturated heterocycles. The zero-order valence-corrected chi connectivity index (χ0v) is 9.09. The van der Waals surface area contributed by atoms with Crippen LogP contribution in [0.15, 0.2) is 12.1 Å². The number of hydrogen-bond donors (Lipinski definition) is 0. The second kappa shape index (κ2) is 5.03. The number of carbonyl (C=O) groups excluding carboxylic acids is 2. The van der Waals surface area contributed by atoms with Gasteiger partial charge in [-0.15, -0.1) is 11.6 Å². The van der Waals surface area contributed by atoms with Crippen molar-refractivity contribution < 1.29 is 18.4 Å². The van der Waals surface area contributed by atoms with Crippen LogP contribution in [-0.2, 0) is 4.79 Å². The molecular formula is C10H8ClF2NO2. The SMILES string of the molecule is CN(C=O)c1cc(F)c(F)cc1C(=O)CCl. The molecule has 0 fully saturated rings. The Kier molecular flexibility index (Phi) is 3.95. The Hall–Kier alpha value is -1.49. The van der Waals surface area contributed by atoms with Gasteiger partial charge in [0.1, 0.15) is 0 Å². The lowest BCUT2D eigenvalue weighted by molar-refractivity contribution is -0.107. The van der Waals surface area contributed by atoms with Crippen molar-refractivity contribution in [3.63, 3.8) is 0 Å². The molecule has 1 aromatic carbocycles. The number of hydrogen-bond acceptors (Lipinski definition) is 2. The fraction of sp³-hybridized carbons (Fsp3) is 0.200. The van der Waals surface area contributed by atoms with Gasteiger partial charge in [-0.2, -0.15) is 0 Å². The molecule has 3 nitrogen and oxygen atoms in total. The van der Waals surface area contributed by atoms with Crippen molar-refractivity contribution >= 4 is 29.5 Å². The van der Waals surface area contributed by atoms with E-state index in [2.05, 4.69) is 0 Å². The van der Waals surface area contributed by atoms with Gasteiger partial charge in [-0.25, -0.2) is 8.78 Å². The third-order valence-electron chi connectivity index (χ3n) is 2.00. The van der Waals surface area contributed by atoms with E-state index in [9.17, 15) is 18.4 Å². The molecule has 0 atom stereocenters. The number of nitrogens with zero attached hydrogens (tertiary/aromatic N) is 1. The maximum Gasteiger partial charge on any atom is 0.213 e. The molecular weight excluding hydrogens is 240 g/mol. The topological polar surface area (TPSA) is 37.4 Å². The van der Waals surface area contributed by atoms with E-state index in [1.54, 1.807) is 0 Å². The molecule has 0 aliphatic rings. The van der Waals surface area contributed by atoms with Crippen molar-refractivity contribution in [3.8, 4) is 0 Å². The molecule has 0 radical (unpaired) electrons. The summed E-state index contributed by atoms with van der Waals surface area (Å²) in [5.41, 5.74) is -0.136. The van der Waals surface area contributed by atoms with Crippen molar-refractivity contribution in [2.75, 3.05) is 17.8 Å². The number of halogens is 3. The van der Waals surface area contributed by atoms with E-state index in [1.807, 2.05) is 0 Å². The Balaban J connectivity index is 3.38. The van der Waals surface area contributed by atoms with Gasteiger partial charge in [0.2, 0.25) is 6.41 Å². The molecule has 0 aliphatic heterocycles. The minimum atomic E-state index is -1.16. The molecule has 0 unspecified atom stereocenters. The highest BCUT2D eigenvalue weighted by Gasteiger charge is 2.17. The van der Waals surface area contributed by atoms with E-state index in [4.69, 9.17) is 11.6 Å². The summed E-state index contributed by atoms with van der Waals surface area (Å²) in [7, 11) is 1.32. The number of amides is 1. The molecule has 0 bridgehead atoms. The van der Waals surface area contributed by atoms with Gasteiger partial charge < -0.3 is 4.90 Å². The average Bonchev–Trinajstić information content (AvgIpc) is 2.30. The molecule has 0 saturated carbocycles. The van der Waals surface area contributed by atoms with Crippen LogP contribution in [0.2, 0.25) is 0 Å². The second-order valence-corrected chi connectivity index (χ2v) is 3.32. The van der Waals surface area contributed by atoms with Gasteiger partial charge in [-0.1, -0.05) is 0 Å². The standard InChI is InChI=1S/C10H8ClF2NO2/c1-14(5-15)9-3-8(13)7(12)2-6(9)10(16)4-11/h2-3,5H,4H2,1H3. The first-order chi connectivity index (χ1) is 7.51. The van der Waals surface area contributed by atoms with Gasteiger partial charge >= 0.3 is 0 Å². The Morgan fingerprint density at radius 3 is 2.50 bits per heavy atom. The fourth-order valence-electron chi connectivity index (χ4n) is 1.18. The number of anilines is 1. The van der Waals surface area contributed by atoms with Crippen LogP contribution in [0.5, 0.6) is 0 Å². The van der Waals surface area contributed by atoms with E-state index >= 15 is 0 Å². The molecule has 1 rings (SSSR count). The van der Waals surface area contributed by atoms with Crippen LogP contribution in [0.4, 0.5) is 14.5 Å². The Labute approximate surface area is 95.6 Å². The highest BCUT2D eigenvalue weighted by molar-refractivity contribution is 6.31. The van der Waals surface area contributed by atoms with Gasteiger partial charge in [0.05, 0.1) is 11.6 Å². The summed E-state index contributed by atoms with van der Waals surface area (Å²) in [5, 5.41) is 0. The summed E-state index contributed by atoms with van der Waals surface area (Å²) < 4.78 is 25.9. The normalized spacial score (nSPS) is 10.0. The van der Waals surface area contributed by atoms with Gasteiger partial charge in [0.15, 0.2) is 17.4 Å². The van der Waals surface area contributed by atoms with Crippen LogP contribution in [0.25, 0.3) is 0 Å². The zero-order chi connectivity index (χ0) is 12.3. The smallest absolute Gasteiger partial charge is 0.213 e. The number of rotatable bonds is 4. The predicted molar refractivity (Wildman–Crippen MR) is 55.9 cm³/mol. The Morgan fingerprint density at radius 1 is 1.44 bits per heavy atom. The lowest BCUT2D eigenvalue weighted by atomic mass is 10.1. The highest BCUT2D eigenvalue weighted by Crippen LogP contribution is 2.23. The minimum absolute atomic E-state index is 0.0143. The monoisotopic (exact) mass is 247 g/mol. The summed E-state index contributed by atoms with van der Waals surface area (Å²) >= 11 is 5.33. The molecule has 0 N–H and O–H groups in total. The fourth-order valence-corrected chi connectivity index (χ4v) is 1.32. The summed E-state index contributed by atoms with van der Waals surface area (Å²) in [4.78, 5) is 22.9. The van der Waals surface area contributed by atoms with Crippen LogP contribution < -0.4 is 4.90 Å². The maximum atomic E-state index is 13.0. The third kappa shape index (κ3) is 2.36. The molecule has 6 heteroatoms. The van der Waals surface area contributed by atoms with E-state index < -0.39 is 17.4 Å². The zero-order valence-electron chi connectivity index (χ0n) is 8.34. The summed E-state index contributed by atoms with van der Waals surface area (Å²) in [6, 6.07) is 1.51. The maximum absolute atomic E-state index is 13.0.